The van der Waals surface area contributed by atoms with E-state index in [1.807, 2.05) is 45.0 Å². The molecule has 4 nitrogen and oxygen atoms in total. The molecule has 2 heterocycles. The fourth-order valence-corrected chi connectivity index (χ4v) is 3.52. The van der Waals surface area contributed by atoms with Crippen molar-refractivity contribution < 1.29 is 4.79 Å². The Morgan fingerprint density at radius 1 is 1.07 bits per heavy atom. The monoisotopic (exact) mass is 359 g/mol. The third-order valence-corrected chi connectivity index (χ3v) is 4.82. The first-order valence-corrected chi connectivity index (χ1v) is 9.41. The zero-order valence-electron chi connectivity index (χ0n) is 16.3. The van der Waals surface area contributed by atoms with E-state index in [1.54, 1.807) is 0 Å². The Kier molecular flexibility index (Phi) is 4.14. The molecule has 1 N–H and O–H groups in total. The number of pyridine rings is 1. The minimum atomic E-state index is -0.243. The van der Waals surface area contributed by atoms with E-state index in [0.717, 1.165) is 30.0 Å². The molecule has 138 valence electrons. The van der Waals surface area contributed by atoms with E-state index >= 15 is 0 Å². The largest absolute Gasteiger partial charge is 0.347 e. The first-order valence-electron chi connectivity index (χ1n) is 9.41. The second-order valence-electron chi connectivity index (χ2n) is 8.32. The number of amides is 1. The number of benzene rings is 2. The van der Waals surface area contributed by atoms with E-state index in [-0.39, 0.29) is 11.4 Å². The number of hydrogen-bond acceptors (Lipinski definition) is 3. The van der Waals surface area contributed by atoms with Crippen LogP contribution in [-0.2, 0) is 6.42 Å². The standard InChI is InChI=1S/C23H25N3O/c1-15-5-6-17-14-18-11-12-26(21(18)24-20(17)13-15)19-9-7-16(8-10-19)22(27)25-23(2,3)4/h5-10,13-14H,11-12H2,1-4H3,(H,25,27). The van der Waals surface area contributed by atoms with Crippen molar-refractivity contribution in [3.63, 3.8) is 0 Å². The average Bonchev–Trinajstić information content (AvgIpc) is 3.01. The zero-order valence-corrected chi connectivity index (χ0v) is 16.3. The Morgan fingerprint density at radius 3 is 2.52 bits per heavy atom. The van der Waals surface area contributed by atoms with Crippen LogP contribution in [0.25, 0.3) is 10.9 Å². The van der Waals surface area contributed by atoms with E-state index in [4.69, 9.17) is 4.98 Å². The van der Waals surface area contributed by atoms with Gasteiger partial charge in [0, 0.05) is 28.7 Å². The normalized spacial score (nSPS) is 13.7. The van der Waals surface area contributed by atoms with E-state index in [9.17, 15) is 4.79 Å². The van der Waals surface area contributed by atoms with Gasteiger partial charge in [-0.15, -0.1) is 0 Å². The molecule has 0 atom stereocenters. The highest BCUT2D eigenvalue weighted by molar-refractivity contribution is 5.95. The van der Waals surface area contributed by atoms with E-state index in [1.165, 1.54) is 16.5 Å². The van der Waals surface area contributed by atoms with Crippen molar-refractivity contribution in [3.05, 3.63) is 65.2 Å². The summed E-state index contributed by atoms with van der Waals surface area (Å²) >= 11 is 0. The second-order valence-corrected chi connectivity index (χ2v) is 8.32. The Bertz CT molecular complexity index is 1020. The van der Waals surface area contributed by atoms with E-state index in [2.05, 4.69) is 41.4 Å². The highest BCUT2D eigenvalue weighted by Crippen LogP contribution is 2.35. The lowest BCUT2D eigenvalue weighted by molar-refractivity contribution is 0.0919. The molecule has 1 amide bonds. The van der Waals surface area contributed by atoms with E-state index < -0.39 is 0 Å². The molecule has 0 aliphatic carbocycles. The quantitative estimate of drug-likeness (QED) is 0.717. The van der Waals surface area contributed by atoms with Gasteiger partial charge in [0.1, 0.15) is 5.82 Å². The summed E-state index contributed by atoms with van der Waals surface area (Å²) < 4.78 is 0. The minimum Gasteiger partial charge on any atom is -0.347 e. The molecule has 4 heteroatoms. The van der Waals surface area contributed by atoms with E-state index in [0.29, 0.717) is 5.56 Å². The zero-order chi connectivity index (χ0) is 19.2. The number of carbonyl (C=O) groups is 1. The van der Waals surface area contributed by atoms with Crippen molar-refractivity contribution in [2.45, 2.75) is 39.7 Å². The Labute approximate surface area is 160 Å². The van der Waals surface area contributed by atoms with Crippen molar-refractivity contribution in [2.75, 3.05) is 11.4 Å². The predicted octanol–water partition coefficient (Wildman–Crippen LogP) is 4.77. The molecule has 2 aromatic carbocycles. The van der Waals surface area contributed by atoms with Crippen LogP contribution in [0.3, 0.4) is 0 Å². The van der Waals surface area contributed by atoms with Gasteiger partial charge in [0.05, 0.1) is 5.52 Å². The average molecular weight is 359 g/mol. The van der Waals surface area contributed by atoms with Crippen LogP contribution in [0.15, 0.2) is 48.5 Å². The van der Waals surface area contributed by atoms with Gasteiger partial charge in [-0.2, -0.15) is 0 Å². The summed E-state index contributed by atoms with van der Waals surface area (Å²) in [6.45, 7) is 8.95. The molecule has 0 spiro atoms. The third-order valence-electron chi connectivity index (χ3n) is 4.82. The lowest BCUT2D eigenvalue weighted by Crippen LogP contribution is -2.40. The van der Waals surface area contributed by atoms with Crippen molar-refractivity contribution in [2.24, 2.45) is 0 Å². The van der Waals surface area contributed by atoms with Crippen LogP contribution >= 0.6 is 0 Å². The molecule has 4 rings (SSSR count). The molecule has 0 saturated carbocycles. The molecule has 0 saturated heterocycles. The lowest BCUT2D eigenvalue weighted by atomic mass is 10.1. The number of nitrogens with one attached hydrogen (secondary N) is 1. The number of anilines is 2. The summed E-state index contributed by atoms with van der Waals surface area (Å²) in [7, 11) is 0. The van der Waals surface area contributed by atoms with Gasteiger partial charge in [-0.05, 0) is 81.6 Å². The lowest BCUT2D eigenvalue weighted by Gasteiger charge is -2.21. The maximum Gasteiger partial charge on any atom is 0.251 e. The summed E-state index contributed by atoms with van der Waals surface area (Å²) in [5.41, 5.74) is 5.03. The van der Waals surface area contributed by atoms with Crippen molar-refractivity contribution in [3.8, 4) is 0 Å². The van der Waals surface area contributed by atoms with Gasteiger partial charge < -0.3 is 10.2 Å². The van der Waals surface area contributed by atoms with Gasteiger partial charge in [-0.25, -0.2) is 4.98 Å². The Morgan fingerprint density at radius 2 is 1.81 bits per heavy atom. The first-order chi connectivity index (χ1) is 12.8. The fraction of sp³-hybridized carbons (Fsp3) is 0.304. The maximum absolute atomic E-state index is 12.3. The Balaban J connectivity index is 1.63. The molecular weight excluding hydrogens is 334 g/mol. The highest BCUT2D eigenvalue weighted by atomic mass is 16.1. The fourth-order valence-electron chi connectivity index (χ4n) is 3.52. The van der Waals surface area contributed by atoms with Gasteiger partial charge >= 0.3 is 0 Å². The van der Waals surface area contributed by atoms with Gasteiger partial charge in [0.15, 0.2) is 0 Å². The molecule has 3 aromatic rings. The number of carbonyl (C=O) groups excluding carboxylic acids is 1. The van der Waals surface area contributed by atoms with Crippen LogP contribution in [0.1, 0.15) is 42.3 Å². The molecule has 0 radical (unpaired) electrons. The molecule has 1 aromatic heterocycles. The number of rotatable bonds is 2. The van der Waals surface area contributed by atoms with Crippen LogP contribution in [0.5, 0.6) is 0 Å². The topological polar surface area (TPSA) is 45.2 Å². The smallest absolute Gasteiger partial charge is 0.251 e. The summed E-state index contributed by atoms with van der Waals surface area (Å²) in [6.07, 6.45) is 0.985. The van der Waals surface area contributed by atoms with Crippen LogP contribution in [0.2, 0.25) is 0 Å². The predicted molar refractivity (Wildman–Crippen MR) is 111 cm³/mol. The number of aryl methyl sites for hydroxylation is 1. The van der Waals surface area contributed by atoms with Gasteiger partial charge in [-0.1, -0.05) is 12.1 Å². The van der Waals surface area contributed by atoms with Gasteiger partial charge in [0.2, 0.25) is 0 Å². The molecule has 0 fully saturated rings. The van der Waals surface area contributed by atoms with Crippen LogP contribution in [0.4, 0.5) is 11.5 Å². The van der Waals surface area contributed by atoms with Crippen LogP contribution in [-0.4, -0.2) is 23.0 Å². The van der Waals surface area contributed by atoms with Gasteiger partial charge in [0.25, 0.3) is 5.91 Å². The SMILES string of the molecule is Cc1ccc2cc3c(nc2c1)N(c1ccc(C(=O)NC(C)(C)C)cc1)CC3. The molecule has 0 unspecified atom stereocenters. The van der Waals surface area contributed by atoms with Crippen molar-refractivity contribution >= 4 is 28.3 Å². The Hall–Kier alpha value is -2.88. The van der Waals surface area contributed by atoms with Gasteiger partial charge in [-0.3, -0.25) is 4.79 Å². The molecule has 1 aliphatic rings. The number of hydrogen-bond donors (Lipinski definition) is 1. The molecule has 27 heavy (non-hydrogen) atoms. The van der Waals surface area contributed by atoms with Crippen molar-refractivity contribution in [1.29, 1.82) is 0 Å². The van der Waals surface area contributed by atoms with Crippen LogP contribution in [0, 0.1) is 6.92 Å². The minimum absolute atomic E-state index is 0.0459. The first kappa shape index (κ1) is 17.5. The second kappa shape index (κ2) is 6.38. The number of aromatic nitrogens is 1. The third kappa shape index (κ3) is 3.52. The summed E-state index contributed by atoms with van der Waals surface area (Å²) in [4.78, 5) is 19.5. The summed E-state index contributed by atoms with van der Waals surface area (Å²) in [5.74, 6) is 0.982. The van der Waals surface area contributed by atoms with Crippen molar-refractivity contribution in [1.82, 2.24) is 10.3 Å². The molecule has 1 aliphatic heterocycles. The summed E-state index contributed by atoms with van der Waals surface area (Å²) in [5, 5.41) is 4.19. The summed E-state index contributed by atoms with van der Waals surface area (Å²) in [6, 6.07) is 16.4. The highest BCUT2D eigenvalue weighted by Gasteiger charge is 2.23. The molecule has 0 bridgehead atoms. The maximum atomic E-state index is 12.3. The number of fused-ring (bicyclic) bond motifs is 2. The molecular formula is C23H25N3O. The number of nitrogens with zero attached hydrogens (tertiary/aromatic N) is 2. The van der Waals surface area contributed by atoms with Crippen LogP contribution < -0.4 is 10.2 Å².